The summed E-state index contributed by atoms with van der Waals surface area (Å²) in [6.07, 6.45) is 1.02. The second-order valence-corrected chi connectivity index (χ2v) is 7.02. The van der Waals surface area contributed by atoms with E-state index < -0.39 is 0 Å². The minimum absolute atomic E-state index is 0.586. The molecule has 0 aromatic carbocycles. The Morgan fingerprint density at radius 1 is 1.30 bits per heavy atom. The van der Waals surface area contributed by atoms with Crippen molar-refractivity contribution >= 4 is 27.3 Å². The Morgan fingerprint density at radius 3 is 2.45 bits per heavy atom. The number of nitrogens with zero attached hydrogens (tertiary/aromatic N) is 2. The molecule has 0 bridgehead atoms. The molecule has 0 fully saturated rings. The molecule has 2 aromatic rings. The van der Waals surface area contributed by atoms with Gasteiger partial charge in [0, 0.05) is 21.2 Å². The third kappa shape index (κ3) is 3.65. The van der Waals surface area contributed by atoms with Crippen LogP contribution in [0.25, 0.3) is 10.7 Å². The first-order valence-corrected chi connectivity index (χ1v) is 8.41. The van der Waals surface area contributed by atoms with E-state index >= 15 is 0 Å². The van der Waals surface area contributed by atoms with Gasteiger partial charge in [-0.1, -0.05) is 6.92 Å². The molecule has 5 heteroatoms. The molecule has 2 heterocycles. The van der Waals surface area contributed by atoms with E-state index in [0.29, 0.717) is 5.92 Å². The lowest BCUT2D eigenvalue weighted by Crippen LogP contribution is -2.19. The van der Waals surface area contributed by atoms with E-state index in [1.54, 1.807) is 11.3 Å². The Balaban J connectivity index is 2.29. The molecule has 1 unspecified atom stereocenters. The van der Waals surface area contributed by atoms with Crippen molar-refractivity contribution in [3.05, 3.63) is 32.9 Å². The Hall–Kier alpha value is -0.780. The van der Waals surface area contributed by atoms with Crippen LogP contribution in [0.15, 0.2) is 15.9 Å². The van der Waals surface area contributed by atoms with Gasteiger partial charge < -0.3 is 5.32 Å². The minimum atomic E-state index is 0.586. The van der Waals surface area contributed by atoms with Crippen LogP contribution in [-0.2, 0) is 6.42 Å². The van der Waals surface area contributed by atoms with Gasteiger partial charge in [-0.25, -0.2) is 9.97 Å². The van der Waals surface area contributed by atoms with Crippen LogP contribution in [0.1, 0.15) is 23.9 Å². The highest BCUT2D eigenvalue weighted by atomic mass is 79.9. The number of halogens is 1. The summed E-state index contributed by atoms with van der Waals surface area (Å²) in [5.74, 6) is 1.42. The van der Waals surface area contributed by atoms with Gasteiger partial charge in [0.15, 0.2) is 5.82 Å². The number of rotatable bonds is 5. The van der Waals surface area contributed by atoms with Crippen molar-refractivity contribution in [2.75, 3.05) is 13.6 Å². The summed E-state index contributed by atoms with van der Waals surface area (Å²) in [6.45, 7) is 7.43. The molecule has 1 atom stereocenters. The molecule has 2 aromatic heterocycles. The van der Waals surface area contributed by atoms with E-state index in [1.165, 1.54) is 5.56 Å². The van der Waals surface area contributed by atoms with Gasteiger partial charge in [0.25, 0.3) is 0 Å². The molecule has 3 nitrogen and oxygen atoms in total. The molecule has 0 aliphatic carbocycles. The van der Waals surface area contributed by atoms with Gasteiger partial charge in [-0.2, -0.15) is 0 Å². The summed E-state index contributed by atoms with van der Waals surface area (Å²) < 4.78 is 1.09. The number of aromatic nitrogens is 2. The zero-order valence-electron chi connectivity index (χ0n) is 12.3. The van der Waals surface area contributed by atoms with Crippen LogP contribution in [0, 0.1) is 19.8 Å². The van der Waals surface area contributed by atoms with E-state index in [-0.39, 0.29) is 0 Å². The number of hydrogen-bond acceptors (Lipinski definition) is 4. The molecule has 20 heavy (non-hydrogen) atoms. The smallest absolute Gasteiger partial charge is 0.169 e. The molecule has 1 N–H and O–H groups in total. The quantitative estimate of drug-likeness (QED) is 0.883. The highest BCUT2D eigenvalue weighted by Gasteiger charge is 2.13. The van der Waals surface area contributed by atoms with Crippen molar-refractivity contribution < 1.29 is 0 Å². The Bertz CT molecular complexity index is 572. The van der Waals surface area contributed by atoms with Crippen LogP contribution in [0.4, 0.5) is 0 Å². The van der Waals surface area contributed by atoms with Gasteiger partial charge in [-0.3, -0.25) is 0 Å². The average Bonchev–Trinajstić information content (AvgIpc) is 2.80. The van der Waals surface area contributed by atoms with Gasteiger partial charge in [-0.15, -0.1) is 11.3 Å². The molecule has 0 radical (unpaired) electrons. The highest BCUT2D eigenvalue weighted by Crippen LogP contribution is 2.28. The summed E-state index contributed by atoms with van der Waals surface area (Å²) in [7, 11) is 1.99. The molecule has 0 spiro atoms. The first-order chi connectivity index (χ1) is 9.51. The van der Waals surface area contributed by atoms with Gasteiger partial charge >= 0.3 is 0 Å². The second kappa shape index (κ2) is 6.78. The SMILES string of the molecule is CNCC(C)Cc1c(C)nc(-c2cc(Br)cs2)nc1C. The zero-order chi connectivity index (χ0) is 14.7. The minimum Gasteiger partial charge on any atom is -0.319 e. The van der Waals surface area contributed by atoms with Crippen molar-refractivity contribution in [1.29, 1.82) is 0 Å². The normalized spacial score (nSPS) is 12.7. The molecule has 2 rings (SSSR count). The monoisotopic (exact) mass is 353 g/mol. The highest BCUT2D eigenvalue weighted by molar-refractivity contribution is 9.10. The van der Waals surface area contributed by atoms with Gasteiger partial charge in [0.2, 0.25) is 0 Å². The maximum atomic E-state index is 4.69. The van der Waals surface area contributed by atoms with Crippen LogP contribution in [0.2, 0.25) is 0 Å². The first kappa shape index (κ1) is 15.6. The molecule has 108 valence electrons. The first-order valence-electron chi connectivity index (χ1n) is 6.74. The predicted molar refractivity (Wildman–Crippen MR) is 89.3 cm³/mol. The number of thiophene rings is 1. The third-order valence-corrected chi connectivity index (χ3v) is 5.00. The summed E-state index contributed by atoms with van der Waals surface area (Å²) in [5.41, 5.74) is 3.48. The lowest BCUT2D eigenvalue weighted by atomic mass is 9.99. The zero-order valence-corrected chi connectivity index (χ0v) is 14.7. The number of nitrogens with one attached hydrogen (secondary N) is 1. The van der Waals surface area contributed by atoms with Crippen LogP contribution in [0.3, 0.4) is 0 Å². The van der Waals surface area contributed by atoms with Crippen LogP contribution >= 0.6 is 27.3 Å². The fourth-order valence-corrected chi connectivity index (χ4v) is 3.70. The molecule has 0 amide bonds. The van der Waals surface area contributed by atoms with Crippen molar-refractivity contribution in [1.82, 2.24) is 15.3 Å². The Labute approximate surface area is 133 Å². The van der Waals surface area contributed by atoms with E-state index in [4.69, 9.17) is 0 Å². The topological polar surface area (TPSA) is 37.8 Å². The van der Waals surface area contributed by atoms with Crippen molar-refractivity contribution in [2.24, 2.45) is 5.92 Å². The fraction of sp³-hybridized carbons (Fsp3) is 0.467. The molecular formula is C15H20BrN3S. The van der Waals surface area contributed by atoms with Gasteiger partial charge in [-0.05, 0) is 67.3 Å². The standard InChI is InChI=1S/C15H20BrN3S/c1-9(7-17-4)5-13-10(2)18-15(19-11(13)3)14-6-12(16)8-20-14/h6,8-9,17H,5,7H2,1-4H3. The summed E-state index contributed by atoms with van der Waals surface area (Å²) in [4.78, 5) is 10.5. The predicted octanol–water partition coefficient (Wildman–Crippen LogP) is 3.98. The summed E-state index contributed by atoms with van der Waals surface area (Å²) in [6, 6.07) is 2.07. The molecular weight excluding hydrogens is 334 g/mol. The van der Waals surface area contributed by atoms with Gasteiger partial charge in [0.05, 0.1) is 4.88 Å². The molecule has 0 aliphatic heterocycles. The van der Waals surface area contributed by atoms with Crippen molar-refractivity contribution in [3.8, 4) is 10.7 Å². The summed E-state index contributed by atoms with van der Waals surface area (Å²) >= 11 is 5.14. The largest absolute Gasteiger partial charge is 0.319 e. The average molecular weight is 354 g/mol. The van der Waals surface area contributed by atoms with E-state index in [1.807, 2.05) is 7.05 Å². The van der Waals surface area contributed by atoms with E-state index in [2.05, 4.69) is 63.4 Å². The van der Waals surface area contributed by atoms with E-state index in [9.17, 15) is 0 Å². The third-order valence-electron chi connectivity index (χ3n) is 3.31. The Morgan fingerprint density at radius 2 is 1.95 bits per heavy atom. The van der Waals surface area contributed by atoms with E-state index in [0.717, 1.165) is 39.5 Å². The fourth-order valence-electron chi connectivity index (χ4n) is 2.34. The Kier molecular flexibility index (Phi) is 5.29. The molecule has 0 saturated heterocycles. The lowest BCUT2D eigenvalue weighted by molar-refractivity contribution is 0.537. The maximum Gasteiger partial charge on any atom is 0.169 e. The van der Waals surface area contributed by atoms with Crippen LogP contribution < -0.4 is 5.32 Å². The number of hydrogen-bond donors (Lipinski definition) is 1. The second-order valence-electron chi connectivity index (χ2n) is 5.19. The summed E-state index contributed by atoms with van der Waals surface area (Å²) in [5, 5.41) is 5.28. The van der Waals surface area contributed by atoms with Crippen molar-refractivity contribution in [2.45, 2.75) is 27.2 Å². The van der Waals surface area contributed by atoms with Crippen LogP contribution in [-0.4, -0.2) is 23.6 Å². The lowest BCUT2D eigenvalue weighted by Gasteiger charge is -2.15. The molecule has 0 aliphatic rings. The van der Waals surface area contributed by atoms with Crippen molar-refractivity contribution in [3.63, 3.8) is 0 Å². The van der Waals surface area contributed by atoms with Crippen LogP contribution in [0.5, 0.6) is 0 Å². The maximum absolute atomic E-state index is 4.69. The van der Waals surface area contributed by atoms with Gasteiger partial charge in [0.1, 0.15) is 0 Å². The molecule has 0 saturated carbocycles. The number of aryl methyl sites for hydroxylation is 2.